The van der Waals surface area contributed by atoms with Crippen molar-refractivity contribution in [2.45, 2.75) is 32.6 Å². The van der Waals surface area contributed by atoms with Crippen molar-refractivity contribution >= 4 is 0 Å². The highest BCUT2D eigenvalue weighted by Crippen LogP contribution is 2.22. The number of halogens is 2. The molecule has 1 saturated heterocycles. The monoisotopic (exact) mass is 297 g/mol. The lowest BCUT2D eigenvalue weighted by Crippen LogP contribution is -2.37. The molecule has 118 valence electrons. The Morgan fingerprint density at radius 2 is 2.14 bits per heavy atom. The van der Waals surface area contributed by atoms with E-state index in [1.54, 1.807) is 6.07 Å². The number of benzene rings is 1. The average Bonchev–Trinajstić information content (AvgIpc) is 2.49. The zero-order valence-electron chi connectivity index (χ0n) is 12.8. The van der Waals surface area contributed by atoms with Crippen molar-refractivity contribution in [3.63, 3.8) is 0 Å². The molecule has 1 aliphatic rings. The van der Waals surface area contributed by atoms with Gasteiger partial charge < -0.3 is 9.64 Å². The Labute approximate surface area is 126 Å². The number of ether oxygens (including phenoxy) is 1. The Kier molecular flexibility index (Phi) is 6.58. The molecule has 2 rings (SSSR count). The maximum Gasteiger partial charge on any atom is 0.159 e. The number of hydrogen-bond donors (Lipinski definition) is 0. The fourth-order valence-electron chi connectivity index (χ4n) is 2.99. The summed E-state index contributed by atoms with van der Waals surface area (Å²) in [7, 11) is 0. The van der Waals surface area contributed by atoms with Crippen LogP contribution < -0.4 is 0 Å². The van der Waals surface area contributed by atoms with Crippen molar-refractivity contribution in [3.8, 4) is 0 Å². The van der Waals surface area contributed by atoms with Crippen LogP contribution in [-0.2, 0) is 11.2 Å². The van der Waals surface area contributed by atoms with E-state index < -0.39 is 11.6 Å². The summed E-state index contributed by atoms with van der Waals surface area (Å²) < 4.78 is 31.5. The minimum Gasteiger partial charge on any atom is -0.380 e. The van der Waals surface area contributed by atoms with Crippen molar-refractivity contribution in [3.05, 3.63) is 35.4 Å². The van der Waals surface area contributed by atoms with E-state index in [9.17, 15) is 8.78 Å². The van der Waals surface area contributed by atoms with Gasteiger partial charge in [0.2, 0.25) is 0 Å². The molecule has 1 aromatic rings. The summed E-state index contributed by atoms with van der Waals surface area (Å²) in [6.07, 6.45) is 4.31. The first-order valence-corrected chi connectivity index (χ1v) is 7.93. The predicted octanol–water partition coefficient (Wildman–Crippen LogP) is 3.65. The highest BCUT2D eigenvalue weighted by molar-refractivity contribution is 5.17. The molecule has 21 heavy (non-hydrogen) atoms. The van der Waals surface area contributed by atoms with Crippen LogP contribution in [0.1, 0.15) is 31.7 Å². The fraction of sp³-hybridized carbons (Fsp3) is 0.647. The minimum atomic E-state index is -0.765. The highest BCUT2D eigenvalue weighted by atomic mass is 19.2. The molecule has 0 spiro atoms. The Morgan fingerprint density at radius 1 is 1.29 bits per heavy atom. The molecule has 0 radical (unpaired) electrons. The van der Waals surface area contributed by atoms with E-state index >= 15 is 0 Å². The van der Waals surface area contributed by atoms with Crippen LogP contribution >= 0.6 is 0 Å². The molecule has 0 N–H and O–H groups in total. The van der Waals surface area contributed by atoms with Crippen molar-refractivity contribution in [2.24, 2.45) is 5.92 Å². The van der Waals surface area contributed by atoms with Crippen LogP contribution in [0.15, 0.2) is 18.2 Å². The summed E-state index contributed by atoms with van der Waals surface area (Å²) in [4.78, 5) is 2.45. The lowest BCUT2D eigenvalue weighted by Gasteiger charge is -2.32. The summed E-state index contributed by atoms with van der Waals surface area (Å²) in [6, 6.07) is 4.24. The Hall–Kier alpha value is -1.00. The van der Waals surface area contributed by atoms with Gasteiger partial charge in [-0.1, -0.05) is 6.07 Å². The van der Waals surface area contributed by atoms with Crippen LogP contribution in [0.4, 0.5) is 8.78 Å². The van der Waals surface area contributed by atoms with Gasteiger partial charge in [0.1, 0.15) is 0 Å². The van der Waals surface area contributed by atoms with Crippen LogP contribution in [-0.4, -0.2) is 37.7 Å². The van der Waals surface area contributed by atoms with E-state index in [1.807, 2.05) is 6.92 Å². The first kappa shape index (κ1) is 16.4. The molecule has 2 nitrogen and oxygen atoms in total. The molecule has 0 saturated carbocycles. The van der Waals surface area contributed by atoms with Gasteiger partial charge >= 0.3 is 0 Å². The predicted molar refractivity (Wildman–Crippen MR) is 80.3 cm³/mol. The summed E-state index contributed by atoms with van der Waals surface area (Å²) in [5.41, 5.74) is 0.889. The highest BCUT2D eigenvalue weighted by Gasteiger charge is 2.19. The van der Waals surface area contributed by atoms with Gasteiger partial charge in [0.25, 0.3) is 0 Å². The van der Waals surface area contributed by atoms with Crippen molar-refractivity contribution in [1.29, 1.82) is 0 Å². The molecule has 1 aromatic carbocycles. The molecule has 0 bridgehead atoms. The third-order valence-corrected chi connectivity index (χ3v) is 4.18. The normalized spacial score (nSPS) is 19.9. The summed E-state index contributed by atoms with van der Waals surface area (Å²) in [6.45, 7) is 6.82. The van der Waals surface area contributed by atoms with E-state index in [4.69, 9.17) is 4.74 Å². The number of rotatable bonds is 7. The lowest BCUT2D eigenvalue weighted by molar-refractivity contribution is 0.0903. The molecule has 0 aromatic heterocycles. The third kappa shape index (κ3) is 5.36. The molecule has 1 aliphatic heterocycles. The first-order chi connectivity index (χ1) is 10.2. The average molecular weight is 297 g/mol. The van der Waals surface area contributed by atoms with E-state index in [1.165, 1.54) is 25.0 Å². The molecular formula is C17H25F2NO. The van der Waals surface area contributed by atoms with Gasteiger partial charge in [0.15, 0.2) is 11.6 Å². The van der Waals surface area contributed by atoms with Gasteiger partial charge in [-0.15, -0.1) is 0 Å². The second kappa shape index (κ2) is 8.44. The lowest BCUT2D eigenvalue weighted by atomic mass is 9.91. The molecule has 4 heteroatoms. The maximum absolute atomic E-state index is 13.2. The van der Waals surface area contributed by atoms with Gasteiger partial charge in [-0.2, -0.15) is 0 Å². The second-order valence-corrected chi connectivity index (χ2v) is 5.79. The molecule has 0 aliphatic carbocycles. The number of likely N-dealkylation sites (tertiary alicyclic amines) is 1. The van der Waals surface area contributed by atoms with Gasteiger partial charge in [-0.05, 0) is 62.8 Å². The van der Waals surface area contributed by atoms with Crippen LogP contribution in [0, 0.1) is 17.6 Å². The van der Waals surface area contributed by atoms with Gasteiger partial charge in [0, 0.05) is 19.7 Å². The van der Waals surface area contributed by atoms with Crippen LogP contribution in [0.5, 0.6) is 0 Å². The largest absolute Gasteiger partial charge is 0.380 e. The zero-order valence-corrected chi connectivity index (χ0v) is 12.8. The Bertz CT molecular complexity index is 439. The zero-order chi connectivity index (χ0) is 15.1. The molecule has 1 heterocycles. The van der Waals surface area contributed by atoms with E-state index in [2.05, 4.69) is 4.90 Å². The first-order valence-electron chi connectivity index (χ1n) is 7.93. The SMILES string of the molecule is CCOCCN1CCC[C@@H](CCc2ccc(F)c(F)c2)C1. The number of piperidine rings is 1. The quantitative estimate of drug-likeness (QED) is 0.712. The van der Waals surface area contributed by atoms with Gasteiger partial charge in [-0.25, -0.2) is 8.78 Å². The summed E-state index contributed by atoms with van der Waals surface area (Å²) in [5, 5.41) is 0. The van der Waals surface area contributed by atoms with Crippen molar-refractivity contribution in [2.75, 3.05) is 32.8 Å². The summed E-state index contributed by atoms with van der Waals surface area (Å²) in [5.74, 6) is -0.860. The molecule has 0 unspecified atom stereocenters. The molecule has 1 fully saturated rings. The number of nitrogens with zero attached hydrogens (tertiary/aromatic N) is 1. The van der Waals surface area contributed by atoms with Gasteiger partial charge in [-0.3, -0.25) is 0 Å². The van der Waals surface area contributed by atoms with E-state index in [0.717, 1.165) is 51.3 Å². The van der Waals surface area contributed by atoms with E-state index in [-0.39, 0.29) is 0 Å². The standard InChI is InChI=1S/C17H25F2NO/c1-2-21-11-10-20-9-3-4-15(13-20)6-5-14-7-8-16(18)17(19)12-14/h7-8,12,15H,2-6,9-11,13H2,1H3/t15-/m0/s1. The van der Waals surface area contributed by atoms with Crippen LogP contribution in [0.25, 0.3) is 0 Å². The molecule has 1 atom stereocenters. The fourth-order valence-corrected chi connectivity index (χ4v) is 2.99. The van der Waals surface area contributed by atoms with Crippen molar-refractivity contribution in [1.82, 2.24) is 4.90 Å². The topological polar surface area (TPSA) is 12.5 Å². The second-order valence-electron chi connectivity index (χ2n) is 5.79. The van der Waals surface area contributed by atoms with Gasteiger partial charge in [0.05, 0.1) is 6.61 Å². The molecule has 0 amide bonds. The van der Waals surface area contributed by atoms with Crippen molar-refractivity contribution < 1.29 is 13.5 Å². The van der Waals surface area contributed by atoms with Crippen LogP contribution in [0.3, 0.4) is 0 Å². The minimum absolute atomic E-state index is 0.647. The smallest absolute Gasteiger partial charge is 0.159 e. The Morgan fingerprint density at radius 3 is 2.90 bits per heavy atom. The number of hydrogen-bond acceptors (Lipinski definition) is 2. The van der Waals surface area contributed by atoms with E-state index in [0.29, 0.717) is 5.92 Å². The summed E-state index contributed by atoms with van der Waals surface area (Å²) >= 11 is 0. The maximum atomic E-state index is 13.2. The van der Waals surface area contributed by atoms with Crippen LogP contribution in [0.2, 0.25) is 0 Å². The molecular weight excluding hydrogens is 272 g/mol. The number of aryl methyl sites for hydroxylation is 1. The third-order valence-electron chi connectivity index (χ3n) is 4.18. The Balaban J connectivity index is 1.75.